The molecule has 1 heterocycles. The van der Waals surface area contributed by atoms with E-state index in [4.69, 9.17) is 0 Å². The Hall–Kier alpha value is -0.400. The maximum atomic E-state index is 4.10. The van der Waals surface area contributed by atoms with Crippen molar-refractivity contribution in [1.82, 2.24) is 0 Å². The standard InChI is InChI=1S/C9H18N2/c1-2-4-6-8-10-11-9-7-5-3-1/h1-9H2/b11-10+. The molecule has 0 aromatic carbocycles. The number of hydrogen-bond donors (Lipinski definition) is 0. The highest BCUT2D eigenvalue weighted by Gasteiger charge is 1.93. The van der Waals surface area contributed by atoms with E-state index in [0.717, 1.165) is 13.1 Å². The third kappa shape index (κ3) is 4.93. The monoisotopic (exact) mass is 154 g/mol. The van der Waals surface area contributed by atoms with Gasteiger partial charge < -0.3 is 0 Å². The van der Waals surface area contributed by atoms with Gasteiger partial charge in [-0.2, -0.15) is 10.2 Å². The van der Waals surface area contributed by atoms with E-state index in [-0.39, 0.29) is 0 Å². The highest BCUT2D eigenvalue weighted by molar-refractivity contribution is 4.51. The normalized spacial score (nSPS) is 25.5. The van der Waals surface area contributed by atoms with Gasteiger partial charge in [0, 0.05) is 0 Å². The summed E-state index contributed by atoms with van der Waals surface area (Å²) in [6, 6.07) is 0. The van der Waals surface area contributed by atoms with Crippen LogP contribution in [0.15, 0.2) is 10.2 Å². The summed E-state index contributed by atoms with van der Waals surface area (Å²) >= 11 is 0. The average Bonchev–Trinajstić information content (AvgIpc) is 2.08. The van der Waals surface area contributed by atoms with Crippen LogP contribution in [0.25, 0.3) is 0 Å². The molecule has 0 unspecified atom stereocenters. The smallest absolute Gasteiger partial charge is 0.0598 e. The van der Waals surface area contributed by atoms with Gasteiger partial charge in [-0.1, -0.05) is 32.1 Å². The maximum absolute atomic E-state index is 4.10. The molecule has 0 saturated carbocycles. The summed E-state index contributed by atoms with van der Waals surface area (Å²) < 4.78 is 0. The summed E-state index contributed by atoms with van der Waals surface area (Å²) in [6.45, 7) is 1.92. The van der Waals surface area contributed by atoms with E-state index >= 15 is 0 Å². The molecule has 0 amide bonds. The van der Waals surface area contributed by atoms with Crippen molar-refractivity contribution in [2.75, 3.05) is 13.1 Å². The molecule has 0 aromatic heterocycles. The van der Waals surface area contributed by atoms with Crippen LogP contribution >= 0.6 is 0 Å². The Morgan fingerprint density at radius 2 is 0.818 bits per heavy atom. The minimum atomic E-state index is 0.958. The number of nitrogens with zero attached hydrogens (tertiary/aromatic N) is 2. The molecule has 0 spiro atoms. The van der Waals surface area contributed by atoms with Crippen molar-refractivity contribution in [2.45, 2.75) is 44.9 Å². The van der Waals surface area contributed by atoms with E-state index in [1.54, 1.807) is 0 Å². The molecule has 0 fully saturated rings. The fraction of sp³-hybridized carbons (Fsp3) is 1.00. The molecule has 64 valence electrons. The number of hydrogen-bond acceptors (Lipinski definition) is 2. The second-order valence-corrected chi connectivity index (χ2v) is 3.20. The van der Waals surface area contributed by atoms with E-state index in [1.807, 2.05) is 0 Å². The topological polar surface area (TPSA) is 24.7 Å². The van der Waals surface area contributed by atoms with Gasteiger partial charge in [0.25, 0.3) is 0 Å². The van der Waals surface area contributed by atoms with Gasteiger partial charge in [-0.3, -0.25) is 0 Å². The minimum Gasteiger partial charge on any atom is -0.194 e. The molecule has 0 aromatic rings. The molecule has 2 nitrogen and oxygen atoms in total. The molecule has 0 atom stereocenters. The number of rotatable bonds is 0. The van der Waals surface area contributed by atoms with Gasteiger partial charge in [0.2, 0.25) is 0 Å². The van der Waals surface area contributed by atoms with Crippen LogP contribution in [0.3, 0.4) is 0 Å². The zero-order chi connectivity index (χ0) is 7.78. The van der Waals surface area contributed by atoms with E-state index in [9.17, 15) is 0 Å². The Morgan fingerprint density at radius 1 is 0.455 bits per heavy atom. The highest BCUT2D eigenvalue weighted by Crippen LogP contribution is 2.08. The molecule has 0 saturated heterocycles. The van der Waals surface area contributed by atoms with Crippen molar-refractivity contribution in [3.8, 4) is 0 Å². The lowest BCUT2D eigenvalue weighted by molar-refractivity contribution is 0.596. The van der Waals surface area contributed by atoms with Gasteiger partial charge in [-0.25, -0.2) is 0 Å². The Morgan fingerprint density at radius 3 is 1.27 bits per heavy atom. The first-order valence-corrected chi connectivity index (χ1v) is 4.83. The lowest BCUT2D eigenvalue weighted by Gasteiger charge is -1.96. The molecule has 0 aliphatic carbocycles. The molecule has 1 aliphatic rings. The predicted molar refractivity (Wildman–Crippen MR) is 46.9 cm³/mol. The lowest BCUT2D eigenvalue weighted by Crippen LogP contribution is -1.81. The van der Waals surface area contributed by atoms with E-state index in [0.29, 0.717) is 0 Å². The van der Waals surface area contributed by atoms with Crippen LogP contribution < -0.4 is 0 Å². The van der Waals surface area contributed by atoms with Crippen molar-refractivity contribution in [2.24, 2.45) is 10.2 Å². The molecule has 0 bridgehead atoms. The summed E-state index contributed by atoms with van der Waals surface area (Å²) in [5.41, 5.74) is 0. The summed E-state index contributed by atoms with van der Waals surface area (Å²) in [4.78, 5) is 0. The first-order valence-electron chi connectivity index (χ1n) is 4.83. The van der Waals surface area contributed by atoms with Gasteiger partial charge in [-0.15, -0.1) is 0 Å². The third-order valence-corrected chi connectivity index (χ3v) is 2.12. The Labute approximate surface area is 69.1 Å². The second-order valence-electron chi connectivity index (χ2n) is 3.20. The first kappa shape index (κ1) is 8.69. The van der Waals surface area contributed by atoms with Crippen molar-refractivity contribution in [3.05, 3.63) is 0 Å². The maximum Gasteiger partial charge on any atom is 0.0598 e. The Kier molecular flexibility index (Phi) is 4.99. The van der Waals surface area contributed by atoms with Crippen LogP contribution in [0, 0.1) is 0 Å². The van der Waals surface area contributed by atoms with Crippen LogP contribution in [-0.4, -0.2) is 13.1 Å². The third-order valence-electron chi connectivity index (χ3n) is 2.12. The quantitative estimate of drug-likeness (QED) is 0.512. The van der Waals surface area contributed by atoms with Gasteiger partial charge >= 0.3 is 0 Å². The van der Waals surface area contributed by atoms with Crippen LogP contribution in [-0.2, 0) is 0 Å². The first-order chi connectivity index (χ1) is 5.50. The Balaban J connectivity index is 2.11. The van der Waals surface area contributed by atoms with Gasteiger partial charge in [0.1, 0.15) is 0 Å². The summed E-state index contributed by atoms with van der Waals surface area (Å²) in [7, 11) is 0. The van der Waals surface area contributed by atoms with Gasteiger partial charge in [0.15, 0.2) is 0 Å². The summed E-state index contributed by atoms with van der Waals surface area (Å²) in [5, 5.41) is 8.20. The van der Waals surface area contributed by atoms with Crippen LogP contribution in [0.4, 0.5) is 0 Å². The summed E-state index contributed by atoms with van der Waals surface area (Å²) in [6.07, 6.45) is 9.39. The number of azo groups is 1. The molecule has 11 heavy (non-hydrogen) atoms. The molecular weight excluding hydrogens is 136 g/mol. The molecular formula is C9H18N2. The zero-order valence-corrected chi connectivity index (χ0v) is 7.26. The van der Waals surface area contributed by atoms with E-state index in [2.05, 4.69) is 10.2 Å². The zero-order valence-electron chi connectivity index (χ0n) is 7.26. The molecule has 1 rings (SSSR count). The Bertz CT molecular complexity index is 98.1. The van der Waals surface area contributed by atoms with Crippen LogP contribution in [0.2, 0.25) is 0 Å². The fourth-order valence-electron chi connectivity index (χ4n) is 1.39. The van der Waals surface area contributed by atoms with Crippen LogP contribution in [0.5, 0.6) is 0 Å². The van der Waals surface area contributed by atoms with Crippen molar-refractivity contribution in [1.29, 1.82) is 0 Å². The van der Waals surface area contributed by atoms with Crippen LogP contribution in [0.1, 0.15) is 44.9 Å². The molecule has 0 radical (unpaired) electrons. The van der Waals surface area contributed by atoms with E-state index in [1.165, 1.54) is 44.9 Å². The second kappa shape index (κ2) is 6.32. The molecule has 0 N–H and O–H groups in total. The van der Waals surface area contributed by atoms with Crippen molar-refractivity contribution in [3.63, 3.8) is 0 Å². The summed E-state index contributed by atoms with van der Waals surface area (Å²) in [5.74, 6) is 0. The predicted octanol–water partition coefficient (Wildman–Crippen LogP) is 3.18. The molecule has 2 heteroatoms. The fourth-order valence-corrected chi connectivity index (χ4v) is 1.39. The molecule has 1 aliphatic heterocycles. The minimum absolute atomic E-state index is 0.958. The van der Waals surface area contributed by atoms with Gasteiger partial charge in [-0.05, 0) is 12.8 Å². The largest absolute Gasteiger partial charge is 0.194 e. The SMILES string of the molecule is C1CCCC/N=N/CCCC1. The van der Waals surface area contributed by atoms with Gasteiger partial charge in [0.05, 0.1) is 13.1 Å². The van der Waals surface area contributed by atoms with Crippen molar-refractivity contribution < 1.29 is 0 Å². The lowest BCUT2D eigenvalue weighted by atomic mass is 10.1. The average molecular weight is 154 g/mol. The van der Waals surface area contributed by atoms with E-state index < -0.39 is 0 Å². The highest BCUT2D eigenvalue weighted by atomic mass is 15.1. The van der Waals surface area contributed by atoms with Crippen molar-refractivity contribution >= 4 is 0 Å².